The topological polar surface area (TPSA) is 34.1 Å². The van der Waals surface area contributed by atoms with Crippen LogP contribution in [0.25, 0.3) is 0 Å². The summed E-state index contributed by atoms with van der Waals surface area (Å²) < 4.78 is 93.1. The Balaban J connectivity index is 5.59. The van der Waals surface area contributed by atoms with Gasteiger partial charge in [0.2, 0.25) is 0 Å². The minimum Gasteiger partial charge on any atom is -0.206 e. The number of hydrogen-bond donors (Lipinski definition) is 0. The van der Waals surface area contributed by atoms with Gasteiger partial charge in [0.25, 0.3) is 0 Å². The van der Waals surface area contributed by atoms with Gasteiger partial charge >= 0.3 is 26.2 Å². The van der Waals surface area contributed by atoms with Crippen LogP contribution in [0.5, 0.6) is 0 Å². The molecule has 0 aliphatic heterocycles. The first kappa shape index (κ1) is 15.6. The van der Waals surface area contributed by atoms with Crippen molar-refractivity contribution >= 4 is 42.3 Å². The fraction of sp³-hybridized carbons (Fsp3) is 1.00. The highest BCUT2D eigenvalue weighted by atomic mass is 127. The van der Waals surface area contributed by atoms with Crippen LogP contribution in [-0.2, 0) is 9.05 Å². The van der Waals surface area contributed by atoms with Crippen LogP contribution in [0.2, 0.25) is 0 Å². The first-order valence-electron chi connectivity index (χ1n) is 2.95. The maximum Gasteiger partial charge on any atom is 0.427 e. The summed E-state index contributed by atoms with van der Waals surface area (Å²) in [5, 5.41) is -6.03. The van der Waals surface area contributed by atoms with E-state index in [0.717, 1.165) is 22.6 Å². The summed E-state index contributed by atoms with van der Waals surface area (Å²) in [5.74, 6) is -11.2. The van der Waals surface area contributed by atoms with Gasteiger partial charge < -0.3 is 0 Å². The van der Waals surface area contributed by atoms with Crippen molar-refractivity contribution in [3.63, 3.8) is 0 Å². The van der Waals surface area contributed by atoms with E-state index in [-0.39, 0.29) is 0 Å². The minimum atomic E-state index is -6.15. The van der Waals surface area contributed by atoms with Crippen molar-refractivity contribution < 1.29 is 34.8 Å². The van der Waals surface area contributed by atoms with Crippen LogP contribution in [0, 0.1) is 0 Å². The van der Waals surface area contributed by atoms with E-state index in [1.54, 1.807) is 0 Å². The summed E-state index contributed by atoms with van der Waals surface area (Å²) >= 11 is 0.722. The summed E-state index contributed by atoms with van der Waals surface area (Å²) in [6, 6.07) is 0. The Morgan fingerprint density at radius 3 is 1.60 bits per heavy atom. The fourth-order valence-electron chi connectivity index (χ4n) is 0.450. The molecule has 15 heavy (non-hydrogen) atoms. The van der Waals surface area contributed by atoms with E-state index < -0.39 is 30.6 Å². The third-order valence-electron chi connectivity index (χ3n) is 1.30. The molecule has 0 unspecified atom stereocenters. The quantitative estimate of drug-likeness (QED) is 0.320. The Kier molecular flexibility index (Phi) is 4.24. The third-order valence-corrected chi connectivity index (χ3v) is 3.71. The van der Waals surface area contributed by atoms with E-state index in [4.69, 9.17) is 0 Å². The molecular weight excluding hydrogens is 388 g/mol. The first-order chi connectivity index (χ1) is 6.31. The van der Waals surface area contributed by atoms with Crippen LogP contribution >= 0.6 is 33.3 Å². The Morgan fingerprint density at radius 2 is 1.40 bits per heavy atom. The van der Waals surface area contributed by atoms with Crippen LogP contribution in [0.4, 0.5) is 26.3 Å². The van der Waals surface area contributed by atoms with E-state index in [9.17, 15) is 34.8 Å². The highest BCUT2D eigenvalue weighted by Gasteiger charge is 2.76. The monoisotopic (exact) mass is 390 g/mol. The smallest absolute Gasteiger partial charge is 0.206 e. The van der Waals surface area contributed by atoms with E-state index in [1.807, 2.05) is 0 Å². The third kappa shape index (κ3) is 2.46. The second-order valence-electron chi connectivity index (χ2n) is 2.37. The van der Waals surface area contributed by atoms with Crippen LogP contribution in [0.1, 0.15) is 0 Å². The Morgan fingerprint density at radius 1 is 1.07 bits per heavy atom. The largest absolute Gasteiger partial charge is 0.427 e. The molecule has 0 amide bonds. The van der Waals surface area contributed by atoms with Gasteiger partial charge in [-0.3, -0.25) is 0 Å². The van der Waals surface area contributed by atoms with Crippen molar-refractivity contribution in [3.8, 4) is 0 Å². The van der Waals surface area contributed by atoms with Gasteiger partial charge in [-0.1, -0.05) is 22.6 Å². The maximum absolute atomic E-state index is 12.5. The predicted molar refractivity (Wildman–Crippen MR) is 48.5 cm³/mol. The predicted octanol–water partition coefficient (Wildman–Crippen LogP) is 2.85. The zero-order chi connectivity index (χ0) is 12.7. The van der Waals surface area contributed by atoms with Gasteiger partial charge in [-0.2, -0.15) is 26.3 Å². The van der Waals surface area contributed by atoms with Gasteiger partial charge in [0.1, 0.15) is 0 Å². The van der Waals surface area contributed by atoms with E-state index in [2.05, 4.69) is 10.7 Å². The van der Waals surface area contributed by atoms with E-state index >= 15 is 0 Å². The highest BCUT2D eigenvalue weighted by Crippen LogP contribution is 2.50. The van der Waals surface area contributed by atoms with Crippen molar-refractivity contribution in [3.05, 3.63) is 0 Å². The van der Waals surface area contributed by atoms with Gasteiger partial charge in [-0.25, -0.2) is 8.42 Å². The van der Waals surface area contributed by atoms with Crippen molar-refractivity contribution in [2.24, 2.45) is 0 Å². The second-order valence-corrected chi connectivity index (χ2v) is 5.74. The van der Waals surface area contributed by atoms with Crippen LogP contribution in [0.15, 0.2) is 0 Å². The molecule has 0 fully saturated rings. The molecule has 92 valence electrons. The molecule has 0 aromatic carbocycles. The van der Waals surface area contributed by atoms with Crippen molar-refractivity contribution in [1.29, 1.82) is 0 Å². The van der Waals surface area contributed by atoms with Gasteiger partial charge in [0, 0.05) is 10.7 Å². The lowest BCUT2D eigenvalue weighted by atomic mass is 10.2. The first-order valence-corrected chi connectivity index (χ1v) is 6.78. The maximum atomic E-state index is 12.5. The lowest BCUT2D eigenvalue weighted by molar-refractivity contribution is -0.267. The average Bonchev–Trinajstić information content (AvgIpc) is 2.01. The Bertz CT molecular complexity index is 341. The summed E-state index contributed by atoms with van der Waals surface area (Å²) in [6.07, 6.45) is 0. The number of halogens is 8. The van der Waals surface area contributed by atoms with Crippen molar-refractivity contribution in [2.45, 2.75) is 17.1 Å². The van der Waals surface area contributed by atoms with E-state index in [1.165, 1.54) is 0 Å². The summed E-state index contributed by atoms with van der Waals surface area (Å²) in [5.41, 5.74) is 0. The molecule has 0 saturated carbocycles. The minimum absolute atomic E-state index is 0.722. The molecule has 11 heteroatoms. The molecule has 0 atom stereocenters. The fourth-order valence-corrected chi connectivity index (χ4v) is 1.68. The molecule has 2 nitrogen and oxygen atoms in total. The van der Waals surface area contributed by atoms with Crippen molar-refractivity contribution in [1.82, 2.24) is 0 Å². The van der Waals surface area contributed by atoms with Crippen LogP contribution in [-0.4, -0.2) is 29.9 Å². The van der Waals surface area contributed by atoms with Gasteiger partial charge in [0.15, 0.2) is 0 Å². The molecule has 0 aliphatic carbocycles. The molecule has 0 radical (unpaired) electrons. The molecule has 0 rings (SSSR count). The summed E-state index contributed by atoms with van der Waals surface area (Å²) in [4.78, 5) is 0. The summed E-state index contributed by atoms with van der Waals surface area (Å²) in [6.45, 7) is 0. The van der Waals surface area contributed by atoms with Gasteiger partial charge in [0.05, 0.1) is 4.43 Å². The molecule has 0 spiro atoms. The zero-order valence-corrected chi connectivity index (χ0v) is 10.2. The van der Waals surface area contributed by atoms with Crippen molar-refractivity contribution in [2.75, 3.05) is 4.43 Å². The normalized spacial score (nSPS) is 15.5. The lowest BCUT2D eigenvalue weighted by Crippen LogP contribution is -2.57. The summed E-state index contributed by atoms with van der Waals surface area (Å²) in [7, 11) is -2.17. The molecule has 0 aromatic heterocycles. The Labute approximate surface area is 98.5 Å². The highest BCUT2D eigenvalue weighted by molar-refractivity contribution is 14.1. The molecule has 0 saturated heterocycles. The van der Waals surface area contributed by atoms with Crippen LogP contribution in [0.3, 0.4) is 0 Å². The molecular formula is C4H2ClF6IO2S. The molecule has 0 aliphatic rings. The number of hydrogen-bond acceptors (Lipinski definition) is 2. The molecule has 0 N–H and O–H groups in total. The van der Waals surface area contributed by atoms with Gasteiger partial charge in [-0.15, -0.1) is 0 Å². The standard InChI is InChI=1S/C4H2ClF6IO2S/c5-15(13,14)4(10,11)3(8,9)2(6,7)1-12/h1H2. The van der Waals surface area contributed by atoms with Gasteiger partial charge in [-0.05, 0) is 0 Å². The van der Waals surface area contributed by atoms with Crippen LogP contribution < -0.4 is 0 Å². The van der Waals surface area contributed by atoms with E-state index in [0.29, 0.717) is 0 Å². The molecule has 0 heterocycles. The zero-order valence-electron chi connectivity index (χ0n) is 6.46. The SMILES string of the molecule is O=S(=O)(Cl)C(F)(F)C(F)(F)C(F)(F)CI. The number of rotatable bonds is 4. The average molecular weight is 390 g/mol. The lowest BCUT2D eigenvalue weighted by Gasteiger charge is -2.29. The molecule has 0 aromatic rings. The molecule has 0 bridgehead atoms. The Hall–Kier alpha value is 0.550. The second kappa shape index (κ2) is 4.09. The number of alkyl halides is 7.